The zero-order valence-electron chi connectivity index (χ0n) is 26.9. The highest BCUT2D eigenvalue weighted by Crippen LogP contribution is 2.45. The van der Waals surface area contributed by atoms with Crippen LogP contribution in [0.3, 0.4) is 0 Å². The maximum atomic E-state index is 14.1. The summed E-state index contributed by atoms with van der Waals surface area (Å²) in [6.07, 6.45) is 3.67. The first kappa shape index (κ1) is 34.4. The van der Waals surface area contributed by atoms with Crippen molar-refractivity contribution in [3.05, 3.63) is 47.8 Å². The van der Waals surface area contributed by atoms with E-state index in [0.717, 1.165) is 11.3 Å². The maximum absolute atomic E-state index is 14.1. The van der Waals surface area contributed by atoms with Crippen LogP contribution in [0.1, 0.15) is 46.5 Å². The lowest BCUT2D eigenvalue weighted by Crippen LogP contribution is -2.60. The lowest BCUT2D eigenvalue weighted by Gasteiger charge is -2.35. The maximum Gasteiger partial charge on any atom is 0.407 e. The number of nitrogens with one attached hydrogen (secondary N) is 3. The highest BCUT2D eigenvalue weighted by molar-refractivity contribution is 7.91. The molecule has 13 nitrogen and oxygen atoms in total. The van der Waals surface area contributed by atoms with Gasteiger partial charge in [-0.1, -0.05) is 26.8 Å². The number of sulfonamides is 1. The number of ether oxygens (including phenoxy) is 2. The van der Waals surface area contributed by atoms with Gasteiger partial charge in [0.05, 0.1) is 24.7 Å². The zero-order valence-corrected chi connectivity index (χ0v) is 28.5. The molecule has 15 heteroatoms. The molecule has 3 aliphatic rings. The van der Waals surface area contributed by atoms with E-state index in [1.54, 1.807) is 44.4 Å². The molecule has 0 spiro atoms. The summed E-state index contributed by atoms with van der Waals surface area (Å²) in [5.41, 5.74) is -0.549. The van der Waals surface area contributed by atoms with Crippen LogP contribution in [0.5, 0.6) is 5.75 Å². The van der Waals surface area contributed by atoms with Crippen LogP contribution in [0.25, 0.3) is 11.3 Å². The number of pyridine rings is 1. The molecule has 0 bridgehead atoms. The first-order chi connectivity index (χ1) is 22.2. The van der Waals surface area contributed by atoms with Crippen LogP contribution < -0.4 is 20.1 Å². The van der Waals surface area contributed by atoms with Crippen molar-refractivity contribution in [2.45, 2.75) is 69.3 Å². The quantitative estimate of drug-likeness (QED) is 0.284. The third kappa shape index (κ3) is 7.61. The Morgan fingerprint density at radius 1 is 1.23 bits per heavy atom. The van der Waals surface area contributed by atoms with Gasteiger partial charge in [0.2, 0.25) is 21.8 Å². The number of rotatable bonds is 12. The molecule has 3 heterocycles. The van der Waals surface area contributed by atoms with Crippen molar-refractivity contribution in [3.8, 4) is 17.0 Å². The summed E-state index contributed by atoms with van der Waals surface area (Å²) in [6, 6.07) is 3.44. The summed E-state index contributed by atoms with van der Waals surface area (Å²) in [4.78, 5) is 59.5. The second kappa shape index (κ2) is 13.3. The Hall–Kier alpha value is -3.98. The molecule has 1 unspecified atom stereocenters. The van der Waals surface area contributed by atoms with E-state index in [-0.39, 0.29) is 31.9 Å². The van der Waals surface area contributed by atoms with E-state index in [2.05, 4.69) is 26.9 Å². The van der Waals surface area contributed by atoms with Gasteiger partial charge in [-0.15, -0.1) is 6.58 Å². The van der Waals surface area contributed by atoms with Gasteiger partial charge in [-0.05, 0) is 48.6 Å². The van der Waals surface area contributed by atoms with Crippen LogP contribution in [-0.2, 0) is 29.1 Å². The van der Waals surface area contributed by atoms with E-state index in [4.69, 9.17) is 9.47 Å². The molecule has 254 valence electrons. The monoisotopic (exact) mass is 687 g/mol. The summed E-state index contributed by atoms with van der Waals surface area (Å²) >= 11 is 1.56. The summed E-state index contributed by atoms with van der Waals surface area (Å²) in [7, 11) is -2.67. The second-order valence-corrected chi connectivity index (χ2v) is 16.2. The number of hydrogen-bond acceptors (Lipinski definition) is 10. The molecule has 5 atom stereocenters. The third-order valence-electron chi connectivity index (χ3n) is 8.82. The number of carbonyl (C=O) groups excluding carboxylic acids is 4. The van der Waals surface area contributed by atoms with Gasteiger partial charge in [0.25, 0.3) is 5.91 Å². The lowest BCUT2D eigenvalue weighted by molar-refractivity contribution is -0.142. The molecule has 2 aliphatic carbocycles. The first-order valence-corrected chi connectivity index (χ1v) is 17.9. The molecule has 2 aromatic rings. The predicted molar refractivity (Wildman–Crippen MR) is 175 cm³/mol. The minimum Gasteiger partial charge on any atom is -0.493 e. The summed E-state index contributed by atoms with van der Waals surface area (Å²) < 4.78 is 38.2. The molecule has 3 fully saturated rings. The Morgan fingerprint density at radius 3 is 2.57 bits per heavy atom. The van der Waals surface area contributed by atoms with Gasteiger partial charge in [-0.25, -0.2) is 13.2 Å². The van der Waals surface area contributed by atoms with Crippen molar-refractivity contribution < 1.29 is 37.1 Å². The number of carbonyl (C=O) groups is 4. The molecule has 2 saturated carbocycles. The van der Waals surface area contributed by atoms with Crippen LogP contribution in [0, 0.1) is 17.3 Å². The van der Waals surface area contributed by atoms with Gasteiger partial charge < -0.3 is 25.0 Å². The van der Waals surface area contributed by atoms with Crippen LogP contribution in [-0.4, -0.2) is 85.3 Å². The number of nitrogens with zero attached hydrogens (tertiary/aromatic N) is 2. The van der Waals surface area contributed by atoms with Gasteiger partial charge in [0.15, 0.2) is 0 Å². The summed E-state index contributed by atoms with van der Waals surface area (Å²) in [6.45, 7) is 9.40. The van der Waals surface area contributed by atoms with Crippen LogP contribution in [0.2, 0.25) is 0 Å². The fourth-order valence-corrected chi connectivity index (χ4v) is 7.84. The average molecular weight is 688 g/mol. The summed E-state index contributed by atoms with van der Waals surface area (Å²) in [5, 5.41) is 8.70. The number of methoxy groups -OCH3 is 1. The minimum absolute atomic E-state index is 0.134. The lowest BCUT2D eigenvalue weighted by atomic mass is 9.85. The number of likely N-dealkylation sites (tertiary alicyclic amines) is 1. The fourth-order valence-electron chi connectivity index (χ4n) is 5.83. The summed E-state index contributed by atoms with van der Waals surface area (Å²) in [5.74, 6) is -2.14. The van der Waals surface area contributed by atoms with Crippen molar-refractivity contribution >= 4 is 45.2 Å². The molecule has 2 aromatic heterocycles. The Balaban J connectivity index is 1.36. The zero-order chi connectivity index (χ0) is 34.1. The fraction of sp³-hybridized carbons (Fsp3) is 0.531. The van der Waals surface area contributed by atoms with Crippen LogP contribution in [0.15, 0.2) is 47.8 Å². The largest absolute Gasteiger partial charge is 0.493 e. The SMILES string of the molecule is C=CC1C[C@]1(NC(=O)[C@@H]1C[C@@H](COc2ccnc(-c3ccsc3)c2)CN1C(=O)[C@@H](NC(=O)OC)C(C)(C)C)C(=O)NS(=O)(=O)C1CC1. The van der Waals surface area contributed by atoms with Gasteiger partial charge in [-0.2, -0.15) is 11.3 Å². The molecule has 1 saturated heterocycles. The second-order valence-electron chi connectivity index (χ2n) is 13.4. The smallest absolute Gasteiger partial charge is 0.407 e. The topological polar surface area (TPSA) is 173 Å². The van der Waals surface area contributed by atoms with Crippen molar-refractivity contribution in [1.82, 2.24) is 25.2 Å². The number of alkyl carbamates (subject to hydrolysis) is 1. The van der Waals surface area contributed by atoms with E-state index < -0.39 is 68.0 Å². The molecule has 3 N–H and O–H groups in total. The number of thiophene rings is 1. The highest BCUT2D eigenvalue weighted by atomic mass is 32.2. The first-order valence-electron chi connectivity index (χ1n) is 15.5. The molecule has 1 aliphatic heterocycles. The molecule has 0 radical (unpaired) electrons. The Morgan fingerprint density at radius 2 is 1.98 bits per heavy atom. The molecule has 0 aromatic carbocycles. The van der Waals surface area contributed by atoms with Crippen molar-refractivity contribution in [2.24, 2.45) is 17.3 Å². The molecule has 47 heavy (non-hydrogen) atoms. The third-order valence-corrected chi connectivity index (χ3v) is 11.3. The Labute approximate surface area is 278 Å². The van der Waals surface area contributed by atoms with Gasteiger partial charge in [-0.3, -0.25) is 24.1 Å². The van der Waals surface area contributed by atoms with E-state index in [0.29, 0.717) is 18.6 Å². The number of hydrogen-bond donors (Lipinski definition) is 3. The van der Waals surface area contributed by atoms with Gasteiger partial charge >= 0.3 is 6.09 Å². The molecule has 4 amide bonds. The van der Waals surface area contributed by atoms with Crippen molar-refractivity contribution in [2.75, 3.05) is 20.3 Å². The predicted octanol–water partition coefficient (Wildman–Crippen LogP) is 2.85. The Bertz CT molecular complexity index is 1640. The Kier molecular flexibility index (Phi) is 9.69. The van der Waals surface area contributed by atoms with Crippen LogP contribution >= 0.6 is 11.3 Å². The molecule has 5 rings (SSSR count). The van der Waals surface area contributed by atoms with Crippen molar-refractivity contribution in [1.29, 1.82) is 0 Å². The van der Waals surface area contributed by atoms with Gasteiger partial charge in [0, 0.05) is 41.6 Å². The van der Waals surface area contributed by atoms with Gasteiger partial charge in [0.1, 0.15) is 23.4 Å². The van der Waals surface area contributed by atoms with Crippen molar-refractivity contribution in [3.63, 3.8) is 0 Å². The van der Waals surface area contributed by atoms with Crippen LogP contribution in [0.4, 0.5) is 4.79 Å². The van der Waals surface area contributed by atoms with E-state index in [1.165, 1.54) is 18.1 Å². The van der Waals surface area contributed by atoms with E-state index >= 15 is 0 Å². The molecular weight excluding hydrogens is 647 g/mol. The number of amides is 4. The minimum atomic E-state index is -3.86. The standard InChI is InChI=1S/C32H41N5O8S2/c1-6-21-15-32(21,29(40)36-47(42,43)23-7-8-23)35-27(38)25-13-19(16-37(25)28(39)26(31(2,3)4)34-30(41)44-5)17-45-22-9-11-33-24(14-22)20-10-12-46-18-20/h6,9-12,14,18-19,21,23,25-26H,1,7-8,13,15-17H2,2-5H3,(H,34,41)(H,35,38)(H,36,40)/t19-,21?,25+,26-,32-/m1/s1. The van der Waals surface area contributed by atoms with E-state index in [9.17, 15) is 27.6 Å². The molecular formula is C32H41N5O8S2. The highest BCUT2D eigenvalue weighted by Gasteiger charge is 2.62. The van der Waals surface area contributed by atoms with E-state index in [1.807, 2.05) is 22.9 Å². The normalized spacial score (nSPS) is 24.5. The average Bonchev–Trinajstić information content (AvgIpc) is 3.89. The number of aromatic nitrogens is 1.